The number of benzene rings is 2. The fraction of sp³-hybridized carbons (Fsp3) is 0.188. The molecule has 0 amide bonds. The molecule has 0 saturated carbocycles. The molecule has 0 radical (unpaired) electrons. The summed E-state index contributed by atoms with van der Waals surface area (Å²) >= 11 is 0. The molecule has 96 valence electrons. The summed E-state index contributed by atoms with van der Waals surface area (Å²) in [6.45, 7) is 2.77. The van der Waals surface area contributed by atoms with Crippen LogP contribution in [0.15, 0.2) is 42.5 Å². The van der Waals surface area contributed by atoms with Gasteiger partial charge in [-0.1, -0.05) is 30.3 Å². The molecule has 0 fully saturated rings. The monoisotopic (exact) mass is 252 g/mol. The minimum atomic E-state index is 0.0665. The Hall–Kier alpha value is -2.31. The van der Waals surface area contributed by atoms with E-state index in [1.807, 2.05) is 49.4 Å². The van der Waals surface area contributed by atoms with Crippen LogP contribution in [0, 0.1) is 18.3 Å². The summed E-state index contributed by atoms with van der Waals surface area (Å²) in [4.78, 5) is 0. The maximum Gasteiger partial charge on any atom is 0.0992 e. The van der Waals surface area contributed by atoms with Crippen LogP contribution in [0.5, 0.6) is 0 Å². The number of nitrogens with zero attached hydrogens (tertiary/aromatic N) is 1. The average Bonchev–Trinajstić information content (AvgIpc) is 2.47. The number of nitrogens with one attached hydrogen (secondary N) is 1. The van der Waals surface area contributed by atoms with Crippen molar-refractivity contribution in [3.8, 4) is 6.07 Å². The molecular formula is C16H16N2O. The second kappa shape index (κ2) is 6.03. The zero-order valence-electron chi connectivity index (χ0n) is 10.9. The summed E-state index contributed by atoms with van der Waals surface area (Å²) in [6.07, 6.45) is 0. The van der Waals surface area contributed by atoms with Crippen LogP contribution in [0.3, 0.4) is 0 Å². The first kappa shape index (κ1) is 13.1. The number of anilines is 1. The maximum atomic E-state index is 8.98. The van der Waals surface area contributed by atoms with Crippen molar-refractivity contribution >= 4 is 5.69 Å². The van der Waals surface area contributed by atoms with Crippen LogP contribution in [0.2, 0.25) is 0 Å². The van der Waals surface area contributed by atoms with E-state index < -0.39 is 0 Å². The standard InChI is InChI=1S/C16H16N2O/c1-12-2-3-15(9-17)8-16(12)18-10-13-4-6-14(11-19)7-5-13/h2-8,18-19H,10-11H2,1H3. The van der Waals surface area contributed by atoms with Crippen molar-refractivity contribution in [1.82, 2.24) is 0 Å². The van der Waals surface area contributed by atoms with E-state index in [0.29, 0.717) is 12.1 Å². The highest BCUT2D eigenvalue weighted by atomic mass is 16.3. The van der Waals surface area contributed by atoms with Crippen LogP contribution < -0.4 is 5.32 Å². The summed E-state index contributed by atoms with van der Waals surface area (Å²) in [7, 11) is 0. The molecule has 3 nitrogen and oxygen atoms in total. The lowest BCUT2D eigenvalue weighted by Gasteiger charge is -2.10. The third-order valence-corrected chi connectivity index (χ3v) is 3.06. The van der Waals surface area contributed by atoms with Crippen LogP contribution in [0.4, 0.5) is 5.69 Å². The van der Waals surface area contributed by atoms with Crippen molar-refractivity contribution in [3.63, 3.8) is 0 Å². The van der Waals surface area contributed by atoms with Gasteiger partial charge in [0.25, 0.3) is 0 Å². The summed E-state index contributed by atoms with van der Waals surface area (Å²) in [6, 6.07) is 15.6. The van der Waals surface area contributed by atoms with E-state index in [1.54, 1.807) is 0 Å². The topological polar surface area (TPSA) is 56.0 Å². The van der Waals surface area contributed by atoms with Crippen LogP contribution in [-0.4, -0.2) is 5.11 Å². The third kappa shape index (κ3) is 3.34. The zero-order valence-corrected chi connectivity index (χ0v) is 10.9. The molecule has 0 saturated heterocycles. The number of hydrogen-bond donors (Lipinski definition) is 2. The second-order valence-electron chi connectivity index (χ2n) is 4.47. The Morgan fingerprint density at radius 3 is 2.42 bits per heavy atom. The molecule has 3 heteroatoms. The van der Waals surface area contributed by atoms with Crippen molar-refractivity contribution in [2.75, 3.05) is 5.32 Å². The Morgan fingerprint density at radius 1 is 1.11 bits per heavy atom. The van der Waals surface area contributed by atoms with Crippen molar-refractivity contribution in [2.45, 2.75) is 20.1 Å². The van der Waals surface area contributed by atoms with E-state index in [1.165, 1.54) is 0 Å². The summed E-state index contributed by atoms with van der Waals surface area (Å²) in [5.41, 5.74) is 4.80. The third-order valence-electron chi connectivity index (χ3n) is 3.06. The second-order valence-corrected chi connectivity index (χ2v) is 4.47. The van der Waals surface area contributed by atoms with Gasteiger partial charge in [0.1, 0.15) is 0 Å². The molecule has 0 unspecified atom stereocenters. The fourth-order valence-corrected chi connectivity index (χ4v) is 1.84. The van der Waals surface area contributed by atoms with E-state index in [-0.39, 0.29) is 6.61 Å². The molecule has 0 atom stereocenters. The molecule has 0 bridgehead atoms. The van der Waals surface area contributed by atoms with Crippen molar-refractivity contribution in [1.29, 1.82) is 5.26 Å². The highest BCUT2D eigenvalue weighted by Crippen LogP contribution is 2.17. The van der Waals surface area contributed by atoms with Gasteiger partial charge in [-0.3, -0.25) is 0 Å². The first-order chi connectivity index (χ1) is 9.22. The van der Waals surface area contributed by atoms with Crippen LogP contribution in [0.1, 0.15) is 22.3 Å². The predicted molar refractivity (Wildman–Crippen MR) is 75.6 cm³/mol. The molecular weight excluding hydrogens is 236 g/mol. The van der Waals surface area contributed by atoms with Gasteiger partial charge < -0.3 is 10.4 Å². The molecule has 2 aromatic carbocycles. The number of aliphatic hydroxyl groups is 1. The van der Waals surface area contributed by atoms with Gasteiger partial charge in [0, 0.05) is 12.2 Å². The molecule has 0 aliphatic carbocycles. The van der Waals surface area contributed by atoms with Crippen molar-refractivity contribution in [2.24, 2.45) is 0 Å². The first-order valence-electron chi connectivity index (χ1n) is 6.16. The number of nitriles is 1. The average molecular weight is 252 g/mol. The number of aryl methyl sites for hydroxylation is 1. The normalized spacial score (nSPS) is 9.95. The largest absolute Gasteiger partial charge is 0.392 e. The van der Waals surface area contributed by atoms with Crippen molar-refractivity contribution < 1.29 is 5.11 Å². The summed E-state index contributed by atoms with van der Waals surface area (Å²) in [5, 5.41) is 21.2. The molecule has 19 heavy (non-hydrogen) atoms. The van der Waals surface area contributed by atoms with Gasteiger partial charge in [0.15, 0.2) is 0 Å². The van der Waals surface area contributed by atoms with Crippen LogP contribution >= 0.6 is 0 Å². The van der Waals surface area contributed by atoms with Gasteiger partial charge in [0.2, 0.25) is 0 Å². The molecule has 0 heterocycles. The smallest absolute Gasteiger partial charge is 0.0992 e. The van der Waals surface area contributed by atoms with Gasteiger partial charge >= 0.3 is 0 Å². The van der Waals surface area contributed by atoms with E-state index >= 15 is 0 Å². The van der Waals surface area contributed by atoms with Crippen LogP contribution in [0.25, 0.3) is 0 Å². The minimum Gasteiger partial charge on any atom is -0.392 e. The maximum absolute atomic E-state index is 8.98. The quantitative estimate of drug-likeness (QED) is 0.879. The Kier molecular flexibility index (Phi) is 4.17. The predicted octanol–water partition coefficient (Wildman–Crippen LogP) is 2.97. The molecule has 0 aliphatic heterocycles. The summed E-state index contributed by atoms with van der Waals surface area (Å²) in [5.74, 6) is 0. The first-order valence-corrected chi connectivity index (χ1v) is 6.16. The molecule has 0 aromatic heterocycles. The van der Waals surface area contributed by atoms with E-state index in [4.69, 9.17) is 10.4 Å². The van der Waals surface area contributed by atoms with Gasteiger partial charge in [0.05, 0.1) is 18.2 Å². The molecule has 2 rings (SSSR count). The van der Waals surface area contributed by atoms with E-state index in [0.717, 1.165) is 22.4 Å². The number of rotatable bonds is 4. The fourth-order valence-electron chi connectivity index (χ4n) is 1.84. The SMILES string of the molecule is Cc1ccc(C#N)cc1NCc1ccc(CO)cc1. The Morgan fingerprint density at radius 2 is 1.79 bits per heavy atom. The van der Waals surface area contributed by atoms with Gasteiger partial charge in [-0.2, -0.15) is 5.26 Å². The van der Waals surface area contributed by atoms with Crippen molar-refractivity contribution in [3.05, 3.63) is 64.7 Å². The number of aliphatic hydroxyl groups excluding tert-OH is 1. The Balaban J connectivity index is 2.07. The van der Waals surface area contributed by atoms with Gasteiger partial charge in [-0.05, 0) is 35.7 Å². The minimum absolute atomic E-state index is 0.0665. The zero-order chi connectivity index (χ0) is 13.7. The molecule has 2 N–H and O–H groups in total. The Bertz CT molecular complexity index is 597. The van der Waals surface area contributed by atoms with Gasteiger partial charge in [-0.15, -0.1) is 0 Å². The van der Waals surface area contributed by atoms with E-state index in [9.17, 15) is 0 Å². The Labute approximate surface area is 113 Å². The lowest BCUT2D eigenvalue weighted by Crippen LogP contribution is -2.01. The molecule has 0 spiro atoms. The number of hydrogen-bond acceptors (Lipinski definition) is 3. The van der Waals surface area contributed by atoms with E-state index in [2.05, 4.69) is 11.4 Å². The lowest BCUT2D eigenvalue weighted by atomic mass is 10.1. The summed E-state index contributed by atoms with van der Waals surface area (Å²) < 4.78 is 0. The van der Waals surface area contributed by atoms with Gasteiger partial charge in [-0.25, -0.2) is 0 Å². The highest BCUT2D eigenvalue weighted by molar-refractivity contribution is 5.55. The molecule has 0 aliphatic rings. The molecule has 2 aromatic rings. The lowest BCUT2D eigenvalue weighted by molar-refractivity contribution is 0.282. The highest BCUT2D eigenvalue weighted by Gasteiger charge is 2.00. The van der Waals surface area contributed by atoms with Crippen LogP contribution in [-0.2, 0) is 13.2 Å².